The molecule has 4 heteroatoms. The van der Waals surface area contributed by atoms with Crippen molar-refractivity contribution in [1.29, 1.82) is 0 Å². The van der Waals surface area contributed by atoms with Crippen LogP contribution in [-0.2, 0) is 0 Å². The number of anilines is 1. The Morgan fingerprint density at radius 1 is 1.11 bits per heavy atom. The number of nitrogens with zero attached hydrogens (tertiary/aromatic N) is 2. The number of halogens is 1. The van der Waals surface area contributed by atoms with Gasteiger partial charge in [-0.1, -0.05) is 0 Å². The zero-order valence-electron chi connectivity index (χ0n) is 11.3. The van der Waals surface area contributed by atoms with Crippen LogP contribution in [0.15, 0.2) is 18.5 Å². The monoisotopic (exact) mass is 263 g/mol. The van der Waals surface area contributed by atoms with E-state index < -0.39 is 0 Å². The summed E-state index contributed by atoms with van der Waals surface area (Å²) in [5.74, 6) is 1.52. The molecule has 0 saturated carbocycles. The fraction of sp³-hybridized carbons (Fsp3) is 0.667. The van der Waals surface area contributed by atoms with Crippen molar-refractivity contribution in [3.05, 3.63) is 24.3 Å². The summed E-state index contributed by atoms with van der Waals surface area (Å²) in [6, 6.07) is 1.79. The Bertz CT molecular complexity index is 410. The van der Waals surface area contributed by atoms with Gasteiger partial charge in [-0.05, 0) is 56.7 Å². The van der Waals surface area contributed by atoms with Crippen LogP contribution in [0.3, 0.4) is 0 Å². The Morgan fingerprint density at radius 2 is 1.79 bits per heavy atom. The number of pyridine rings is 1. The molecule has 1 N–H and O–H groups in total. The van der Waals surface area contributed by atoms with Gasteiger partial charge in [-0.15, -0.1) is 0 Å². The molecule has 0 aliphatic carbocycles. The van der Waals surface area contributed by atoms with Crippen LogP contribution in [0.4, 0.5) is 10.1 Å². The van der Waals surface area contributed by atoms with Crippen LogP contribution in [0.1, 0.15) is 25.7 Å². The van der Waals surface area contributed by atoms with Crippen LogP contribution < -0.4 is 10.2 Å². The van der Waals surface area contributed by atoms with Gasteiger partial charge in [-0.3, -0.25) is 4.98 Å². The topological polar surface area (TPSA) is 28.2 Å². The number of piperidine rings is 2. The highest BCUT2D eigenvalue weighted by Crippen LogP contribution is 2.32. The molecule has 0 radical (unpaired) electrons. The minimum Gasteiger partial charge on any atom is -0.369 e. The van der Waals surface area contributed by atoms with Gasteiger partial charge in [0.1, 0.15) is 0 Å². The van der Waals surface area contributed by atoms with Gasteiger partial charge in [0.05, 0.1) is 11.9 Å². The third-order valence-corrected chi connectivity index (χ3v) is 4.68. The summed E-state index contributed by atoms with van der Waals surface area (Å²) >= 11 is 0. The fourth-order valence-corrected chi connectivity index (χ4v) is 3.55. The van der Waals surface area contributed by atoms with Crippen LogP contribution in [0.25, 0.3) is 0 Å². The summed E-state index contributed by atoms with van der Waals surface area (Å²) in [6.07, 6.45) is 8.02. The Morgan fingerprint density at radius 3 is 2.47 bits per heavy atom. The third kappa shape index (κ3) is 2.89. The molecule has 1 aromatic rings. The lowest BCUT2D eigenvalue weighted by atomic mass is 9.79. The first-order chi connectivity index (χ1) is 9.34. The summed E-state index contributed by atoms with van der Waals surface area (Å²) in [5.41, 5.74) is 0.721. The fourth-order valence-electron chi connectivity index (χ4n) is 3.55. The first-order valence-electron chi connectivity index (χ1n) is 7.40. The molecular weight excluding hydrogens is 241 g/mol. The molecule has 0 spiro atoms. The summed E-state index contributed by atoms with van der Waals surface area (Å²) in [7, 11) is 0. The molecule has 3 nitrogen and oxygen atoms in total. The molecular formula is C15H22FN3. The molecule has 0 bridgehead atoms. The van der Waals surface area contributed by atoms with Crippen molar-refractivity contribution >= 4 is 5.69 Å². The lowest BCUT2D eigenvalue weighted by Gasteiger charge is -2.38. The van der Waals surface area contributed by atoms with Gasteiger partial charge in [-0.2, -0.15) is 0 Å². The molecule has 0 atom stereocenters. The second kappa shape index (κ2) is 5.87. The predicted octanol–water partition coefficient (Wildman–Crippen LogP) is 2.44. The van der Waals surface area contributed by atoms with Gasteiger partial charge in [-0.25, -0.2) is 4.39 Å². The number of rotatable bonds is 2. The molecule has 3 heterocycles. The molecule has 104 valence electrons. The quantitative estimate of drug-likeness (QED) is 0.888. The molecule has 2 aliphatic heterocycles. The standard InChI is InChI=1S/C15H22FN3/c16-14-11-18-8-3-15(14)19-9-4-13(5-10-19)12-1-6-17-7-2-12/h3,8,11-13,17H,1-2,4-7,9-10H2. The summed E-state index contributed by atoms with van der Waals surface area (Å²) in [5, 5.41) is 3.43. The lowest BCUT2D eigenvalue weighted by Crippen LogP contribution is -2.39. The van der Waals surface area contributed by atoms with E-state index in [4.69, 9.17) is 0 Å². The Kier molecular flexibility index (Phi) is 3.97. The van der Waals surface area contributed by atoms with Crippen LogP contribution in [0.2, 0.25) is 0 Å². The molecule has 0 unspecified atom stereocenters. The van der Waals surface area contributed by atoms with E-state index in [-0.39, 0.29) is 5.82 Å². The van der Waals surface area contributed by atoms with Crippen molar-refractivity contribution in [2.75, 3.05) is 31.1 Å². The van der Waals surface area contributed by atoms with Crippen molar-refractivity contribution in [2.24, 2.45) is 11.8 Å². The third-order valence-electron chi connectivity index (χ3n) is 4.68. The Hall–Kier alpha value is -1.16. The minimum absolute atomic E-state index is 0.192. The van der Waals surface area contributed by atoms with E-state index in [1.807, 2.05) is 0 Å². The highest BCUT2D eigenvalue weighted by atomic mass is 19.1. The van der Waals surface area contributed by atoms with E-state index in [0.29, 0.717) is 0 Å². The van der Waals surface area contributed by atoms with Gasteiger partial charge in [0.25, 0.3) is 0 Å². The summed E-state index contributed by atoms with van der Waals surface area (Å²) < 4.78 is 13.7. The Balaban J connectivity index is 1.58. The maximum Gasteiger partial charge on any atom is 0.164 e. The smallest absolute Gasteiger partial charge is 0.164 e. The maximum absolute atomic E-state index is 13.7. The van der Waals surface area contributed by atoms with E-state index in [1.165, 1.54) is 45.0 Å². The van der Waals surface area contributed by atoms with Crippen molar-refractivity contribution in [3.63, 3.8) is 0 Å². The summed E-state index contributed by atoms with van der Waals surface area (Å²) in [4.78, 5) is 5.99. The molecule has 1 aromatic heterocycles. The zero-order valence-corrected chi connectivity index (χ0v) is 11.3. The first-order valence-corrected chi connectivity index (χ1v) is 7.40. The Labute approximate surface area is 114 Å². The van der Waals surface area contributed by atoms with Gasteiger partial charge in [0.15, 0.2) is 5.82 Å². The highest BCUT2D eigenvalue weighted by molar-refractivity contribution is 5.46. The van der Waals surface area contributed by atoms with Crippen molar-refractivity contribution in [2.45, 2.75) is 25.7 Å². The molecule has 3 rings (SSSR count). The van der Waals surface area contributed by atoms with E-state index in [2.05, 4.69) is 15.2 Å². The van der Waals surface area contributed by atoms with Crippen molar-refractivity contribution < 1.29 is 4.39 Å². The normalized spacial score (nSPS) is 22.7. The van der Waals surface area contributed by atoms with E-state index >= 15 is 0 Å². The lowest BCUT2D eigenvalue weighted by molar-refractivity contribution is 0.221. The average molecular weight is 263 g/mol. The number of nitrogens with one attached hydrogen (secondary N) is 1. The molecule has 2 fully saturated rings. The molecule has 0 aromatic carbocycles. The first kappa shape index (κ1) is 12.9. The molecule has 0 amide bonds. The number of hydrogen-bond donors (Lipinski definition) is 1. The SMILES string of the molecule is Fc1cnccc1N1CCC(C2CCNCC2)CC1. The second-order valence-electron chi connectivity index (χ2n) is 5.74. The summed E-state index contributed by atoms with van der Waals surface area (Å²) in [6.45, 7) is 4.30. The van der Waals surface area contributed by atoms with Crippen molar-refractivity contribution in [1.82, 2.24) is 10.3 Å². The van der Waals surface area contributed by atoms with Crippen LogP contribution in [0, 0.1) is 17.7 Å². The number of aromatic nitrogens is 1. The highest BCUT2D eigenvalue weighted by Gasteiger charge is 2.28. The number of hydrogen-bond acceptors (Lipinski definition) is 3. The molecule has 2 saturated heterocycles. The maximum atomic E-state index is 13.7. The molecule has 19 heavy (non-hydrogen) atoms. The predicted molar refractivity (Wildman–Crippen MR) is 74.7 cm³/mol. The molecule has 2 aliphatic rings. The van der Waals surface area contributed by atoms with Crippen LogP contribution in [-0.4, -0.2) is 31.2 Å². The van der Waals surface area contributed by atoms with E-state index in [9.17, 15) is 4.39 Å². The van der Waals surface area contributed by atoms with Gasteiger partial charge >= 0.3 is 0 Å². The van der Waals surface area contributed by atoms with Gasteiger partial charge < -0.3 is 10.2 Å². The average Bonchev–Trinajstić information content (AvgIpc) is 2.49. The van der Waals surface area contributed by atoms with Crippen molar-refractivity contribution in [3.8, 4) is 0 Å². The van der Waals surface area contributed by atoms with Crippen LogP contribution >= 0.6 is 0 Å². The van der Waals surface area contributed by atoms with Crippen LogP contribution in [0.5, 0.6) is 0 Å². The van der Waals surface area contributed by atoms with Gasteiger partial charge in [0.2, 0.25) is 0 Å². The van der Waals surface area contributed by atoms with Gasteiger partial charge in [0, 0.05) is 19.3 Å². The van der Waals surface area contributed by atoms with E-state index in [0.717, 1.165) is 30.6 Å². The zero-order chi connectivity index (χ0) is 13.1. The largest absolute Gasteiger partial charge is 0.369 e. The van der Waals surface area contributed by atoms with E-state index in [1.54, 1.807) is 12.3 Å². The minimum atomic E-state index is -0.192. The second-order valence-corrected chi connectivity index (χ2v) is 5.74.